The molecule has 0 saturated heterocycles. The lowest BCUT2D eigenvalue weighted by molar-refractivity contribution is -0.158. The predicted octanol–water partition coefficient (Wildman–Crippen LogP) is 4.28. The van der Waals surface area contributed by atoms with Crippen molar-refractivity contribution in [3.63, 3.8) is 0 Å². The van der Waals surface area contributed by atoms with Gasteiger partial charge in [-0.05, 0) is 72.8 Å². The number of nitrogens with one attached hydrogen (secondary N) is 2. The minimum absolute atomic E-state index is 0.0828. The first-order valence-electron chi connectivity index (χ1n) is 12.1. The van der Waals surface area contributed by atoms with Crippen LogP contribution in [-0.4, -0.2) is 49.0 Å². The van der Waals surface area contributed by atoms with Gasteiger partial charge in [-0.25, -0.2) is 9.59 Å². The molecule has 0 spiro atoms. The van der Waals surface area contributed by atoms with E-state index in [1.54, 1.807) is 41.5 Å². The summed E-state index contributed by atoms with van der Waals surface area (Å²) in [6, 6.07) is 9.42. The van der Waals surface area contributed by atoms with Crippen LogP contribution in [0.3, 0.4) is 0 Å². The fourth-order valence-electron chi connectivity index (χ4n) is 3.36. The smallest absolute Gasteiger partial charge is 0.407 e. The molecule has 0 heterocycles. The fourth-order valence-corrected chi connectivity index (χ4v) is 3.36. The van der Waals surface area contributed by atoms with Crippen molar-refractivity contribution >= 4 is 18.2 Å². The van der Waals surface area contributed by atoms with Crippen molar-refractivity contribution in [2.75, 3.05) is 19.6 Å². The number of amides is 2. The number of rotatable bonds is 12. The maximum atomic E-state index is 13.2. The highest BCUT2D eigenvalue weighted by Gasteiger charge is 2.38. The summed E-state index contributed by atoms with van der Waals surface area (Å²) in [5.74, 6) is -0.390. The lowest BCUT2D eigenvalue weighted by Crippen LogP contribution is -2.42. The molecule has 9 nitrogen and oxygen atoms in total. The van der Waals surface area contributed by atoms with E-state index in [-0.39, 0.29) is 13.2 Å². The molecule has 1 aromatic carbocycles. The van der Waals surface area contributed by atoms with E-state index in [1.807, 2.05) is 30.3 Å². The average molecular weight is 494 g/mol. The molecule has 0 aliphatic heterocycles. The molecule has 35 heavy (non-hydrogen) atoms. The highest BCUT2D eigenvalue weighted by Crippen LogP contribution is 2.31. The lowest BCUT2D eigenvalue weighted by Gasteiger charge is -2.30. The normalized spacial score (nSPS) is 12.0. The summed E-state index contributed by atoms with van der Waals surface area (Å²) in [4.78, 5) is 37.0. The molecule has 198 valence electrons. The Morgan fingerprint density at radius 3 is 1.66 bits per heavy atom. The molecule has 0 aliphatic rings. The van der Waals surface area contributed by atoms with Gasteiger partial charge in [-0.1, -0.05) is 30.3 Å². The second-order valence-corrected chi connectivity index (χ2v) is 10.6. The lowest BCUT2D eigenvalue weighted by atomic mass is 9.79. The summed E-state index contributed by atoms with van der Waals surface area (Å²) < 4.78 is 16.1. The number of carbonyl (C=O) groups excluding carboxylic acids is 3. The molecule has 0 saturated carbocycles. The van der Waals surface area contributed by atoms with E-state index in [9.17, 15) is 14.4 Å². The van der Waals surface area contributed by atoms with Crippen LogP contribution in [0.5, 0.6) is 0 Å². The van der Waals surface area contributed by atoms with Gasteiger partial charge in [0.15, 0.2) is 0 Å². The summed E-state index contributed by atoms with van der Waals surface area (Å²) in [5, 5.41) is 5.42. The molecule has 0 bridgehead atoms. The Morgan fingerprint density at radius 1 is 0.800 bits per heavy atom. The van der Waals surface area contributed by atoms with Crippen LogP contribution in [0.2, 0.25) is 0 Å². The Bertz CT molecular complexity index is 764. The van der Waals surface area contributed by atoms with Gasteiger partial charge < -0.3 is 30.6 Å². The first-order chi connectivity index (χ1) is 16.3. The molecule has 0 aromatic heterocycles. The van der Waals surface area contributed by atoms with Crippen molar-refractivity contribution in [2.24, 2.45) is 11.1 Å². The van der Waals surface area contributed by atoms with Crippen molar-refractivity contribution in [3.05, 3.63) is 35.9 Å². The molecule has 0 aliphatic carbocycles. The Kier molecular flexibility index (Phi) is 12.0. The molecule has 0 radical (unpaired) electrons. The Balaban J connectivity index is 2.72. The number of benzene rings is 1. The Labute approximate surface area is 209 Å². The molecular weight excluding hydrogens is 450 g/mol. The third kappa shape index (κ3) is 13.0. The first kappa shape index (κ1) is 30.2. The largest absolute Gasteiger partial charge is 0.460 e. The van der Waals surface area contributed by atoms with Gasteiger partial charge >= 0.3 is 18.2 Å². The zero-order valence-corrected chi connectivity index (χ0v) is 22.1. The van der Waals surface area contributed by atoms with Gasteiger partial charge in [-0.2, -0.15) is 0 Å². The van der Waals surface area contributed by atoms with Gasteiger partial charge in [0.2, 0.25) is 0 Å². The highest BCUT2D eigenvalue weighted by molar-refractivity contribution is 5.77. The quantitative estimate of drug-likeness (QED) is 0.225. The van der Waals surface area contributed by atoms with Crippen LogP contribution in [-0.2, 0) is 25.6 Å². The number of nitrogens with two attached hydrogens (primary N) is 1. The van der Waals surface area contributed by atoms with Gasteiger partial charge in [-0.15, -0.1) is 0 Å². The molecule has 0 unspecified atom stereocenters. The van der Waals surface area contributed by atoms with Crippen molar-refractivity contribution in [1.29, 1.82) is 0 Å². The fraction of sp³-hybridized carbons (Fsp3) is 0.654. The van der Waals surface area contributed by atoms with Crippen LogP contribution in [0, 0.1) is 5.41 Å². The molecule has 1 aromatic rings. The standard InChI is InChI=1S/C26H43N3O6/c1-24(2,3)34-22(31)28-16-10-14-26(19-27,15-11-17-29-23(32)35-25(4,5)6)21(30)33-18-20-12-8-7-9-13-20/h7-9,12-13H,10-11,14-19,27H2,1-6H3,(H,28,31)(H,29,32). The maximum absolute atomic E-state index is 13.2. The van der Waals surface area contributed by atoms with Crippen molar-refractivity contribution in [3.8, 4) is 0 Å². The van der Waals surface area contributed by atoms with Crippen molar-refractivity contribution in [2.45, 2.75) is 85.0 Å². The zero-order valence-electron chi connectivity index (χ0n) is 22.1. The van der Waals surface area contributed by atoms with E-state index in [4.69, 9.17) is 19.9 Å². The van der Waals surface area contributed by atoms with E-state index < -0.39 is 34.8 Å². The van der Waals surface area contributed by atoms with E-state index in [0.717, 1.165) is 5.56 Å². The highest BCUT2D eigenvalue weighted by atomic mass is 16.6. The van der Waals surface area contributed by atoms with E-state index in [2.05, 4.69) is 10.6 Å². The zero-order chi connectivity index (χ0) is 26.5. The number of hydrogen-bond acceptors (Lipinski definition) is 7. The average Bonchev–Trinajstić information content (AvgIpc) is 2.75. The predicted molar refractivity (Wildman–Crippen MR) is 135 cm³/mol. The van der Waals surface area contributed by atoms with Crippen molar-refractivity contribution in [1.82, 2.24) is 10.6 Å². The van der Waals surface area contributed by atoms with E-state index >= 15 is 0 Å². The number of ether oxygens (including phenoxy) is 3. The van der Waals surface area contributed by atoms with Gasteiger partial charge in [0.1, 0.15) is 17.8 Å². The first-order valence-corrected chi connectivity index (χ1v) is 12.1. The second kappa shape index (κ2) is 13.9. The third-order valence-electron chi connectivity index (χ3n) is 5.04. The molecule has 4 N–H and O–H groups in total. The molecule has 9 heteroatoms. The molecule has 2 amide bonds. The number of alkyl carbamates (subject to hydrolysis) is 2. The van der Waals surface area contributed by atoms with Crippen LogP contribution in [0.15, 0.2) is 30.3 Å². The Hall–Kier alpha value is -2.81. The van der Waals surface area contributed by atoms with Gasteiger partial charge in [0, 0.05) is 19.6 Å². The van der Waals surface area contributed by atoms with Gasteiger partial charge in [0.25, 0.3) is 0 Å². The maximum Gasteiger partial charge on any atom is 0.407 e. The third-order valence-corrected chi connectivity index (χ3v) is 5.04. The SMILES string of the molecule is CC(C)(C)OC(=O)NCCCC(CN)(CCCNC(=O)OC(C)(C)C)C(=O)OCc1ccccc1. The van der Waals surface area contributed by atoms with Gasteiger partial charge in [-0.3, -0.25) is 4.79 Å². The van der Waals surface area contributed by atoms with E-state index in [0.29, 0.717) is 38.8 Å². The van der Waals surface area contributed by atoms with Crippen LogP contribution in [0.25, 0.3) is 0 Å². The van der Waals surface area contributed by atoms with Crippen LogP contribution in [0.1, 0.15) is 72.8 Å². The van der Waals surface area contributed by atoms with Gasteiger partial charge in [0.05, 0.1) is 5.41 Å². The molecule has 0 fully saturated rings. The van der Waals surface area contributed by atoms with Crippen LogP contribution < -0.4 is 16.4 Å². The minimum atomic E-state index is -0.944. The minimum Gasteiger partial charge on any atom is -0.460 e. The van der Waals surface area contributed by atoms with Crippen LogP contribution >= 0.6 is 0 Å². The van der Waals surface area contributed by atoms with Crippen molar-refractivity contribution < 1.29 is 28.6 Å². The number of hydrogen-bond donors (Lipinski definition) is 3. The number of esters is 1. The Morgan fingerprint density at radius 2 is 1.26 bits per heavy atom. The summed E-state index contributed by atoms with van der Waals surface area (Å²) >= 11 is 0. The topological polar surface area (TPSA) is 129 Å². The van der Waals surface area contributed by atoms with Crippen LogP contribution in [0.4, 0.5) is 9.59 Å². The number of carbonyl (C=O) groups is 3. The summed E-state index contributed by atoms with van der Waals surface area (Å²) in [6.07, 6.45) is 0.832. The summed E-state index contributed by atoms with van der Waals surface area (Å²) in [5.41, 5.74) is 4.86. The van der Waals surface area contributed by atoms with E-state index in [1.165, 1.54) is 0 Å². The molecule has 1 rings (SSSR count). The summed E-state index contributed by atoms with van der Waals surface area (Å²) in [7, 11) is 0. The molecule has 0 atom stereocenters. The molecular formula is C26H43N3O6. The monoisotopic (exact) mass is 493 g/mol. The summed E-state index contributed by atoms with van der Waals surface area (Å²) in [6.45, 7) is 11.6. The second-order valence-electron chi connectivity index (χ2n) is 10.6.